The minimum absolute atomic E-state index is 0.0779. The van der Waals surface area contributed by atoms with Crippen molar-refractivity contribution in [3.63, 3.8) is 0 Å². The summed E-state index contributed by atoms with van der Waals surface area (Å²) in [5, 5.41) is 3.29. The lowest BCUT2D eigenvalue weighted by Gasteiger charge is -2.36. The van der Waals surface area contributed by atoms with Gasteiger partial charge in [-0.2, -0.15) is 0 Å². The second-order valence-electron chi connectivity index (χ2n) is 4.67. The predicted molar refractivity (Wildman–Crippen MR) is 63.2 cm³/mol. The summed E-state index contributed by atoms with van der Waals surface area (Å²) in [4.78, 5) is 4.60. The Morgan fingerprint density at radius 1 is 1.47 bits per heavy atom. The molecule has 3 heteroatoms. The number of aromatic nitrogens is 1. The van der Waals surface area contributed by atoms with Crippen molar-refractivity contribution >= 4 is 11.3 Å². The Balaban J connectivity index is 2.22. The van der Waals surface area contributed by atoms with Gasteiger partial charge < -0.3 is 4.74 Å². The van der Waals surface area contributed by atoms with E-state index in [1.54, 1.807) is 11.3 Å². The summed E-state index contributed by atoms with van der Waals surface area (Å²) in [5.74, 6) is 0.842. The van der Waals surface area contributed by atoms with Gasteiger partial charge in [0.25, 0.3) is 0 Å². The predicted octanol–water partition coefficient (Wildman–Crippen LogP) is 3.50. The van der Waals surface area contributed by atoms with Gasteiger partial charge in [0, 0.05) is 18.2 Å². The maximum atomic E-state index is 5.77. The molecule has 15 heavy (non-hydrogen) atoms. The second-order valence-corrected chi connectivity index (χ2v) is 5.53. The second kappa shape index (κ2) is 4.22. The Morgan fingerprint density at radius 2 is 2.13 bits per heavy atom. The molecule has 0 atom stereocenters. The third-order valence-corrected chi connectivity index (χ3v) is 4.63. The summed E-state index contributed by atoms with van der Waals surface area (Å²) < 4.78 is 5.77. The van der Waals surface area contributed by atoms with Crippen LogP contribution in [0.25, 0.3) is 0 Å². The highest BCUT2D eigenvalue weighted by Crippen LogP contribution is 2.42. The Hall–Kier alpha value is -0.410. The fraction of sp³-hybridized carbons (Fsp3) is 0.750. The van der Waals surface area contributed by atoms with Crippen LogP contribution < -0.4 is 0 Å². The summed E-state index contributed by atoms with van der Waals surface area (Å²) in [7, 11) is 1.83. The fourth-order valence-corrected chi connectivity index (χ4v) is 3.33. The van der Waals surface area contributed by atoms with Gasteiger partial charge in [0.2, 0.25) is 0 Å². The van der Waals surface area contributed by atoms with E-state index in [9.17, 15) is 0 Å². The first-order valence-corrected chi connectivity index (χ1v) is 6.52. The number of rotatable bonds is 2. The molecule has 0 amide bonds. The Labute approximate surface area is 95.7 Å². The molecular formula is C12H19NOS. The molecule has 0 bridgehead atoms. The van der Waals surface area contributed by atoms with Crippen LogP contribution in [0.2, 0.25) is 0 Å². The van der Waals surface area contributed by atoms with Gasteiger partial charge in [0.15, 0.2) is 0 Å². The van der Waals surface area contributed by atoms with Crippen molar-refractivity contribution in [2.45, 2.75) is 45.1 Å². The van der Waals surface area contributed by atoms with Gasteiger partial charge in [-0.05, 0) is 38.5 Å². The molecule has 1 aromatic rings. The Kier molecular flexibility index (Phi) is 3.12. The van der Waals surface area contributed by atoms with E-state index < -0.39 is 0 Å². The van der Waals surface area contributed by atoms with Gasteiger partial charge in [-0.25, -0.2) is 4.98 Å². The van der Waals surface area contributed by atoms with Gasteiger partial charge >= 0.3 is 0 Å². The van der Waals surface area contributed by atoms with E-state index in [2.05, 4.69) is 24.2 Å². The maximum absolute atomic E-state index is 5.77. The largest absolute Gasteiger partial charge is 0.371 e. The van der Waals surface area contributed by atoms with Crippen molar-refractivity contribution in [2.75, 3.05) is 7.11 Å². The zero-order valence-electron chi connectivity index (χ0n) is 9.75. The molecule has 1 heterocycles. The van der Waals surface area contributed by atoms with Gasteiger partial charge in [0.1, 0.15) is 10.6 Å². The molecule has 84 valence electrons. The quantitative estimate of drug-likeness (QED) is 0.768. The molecule has 2 rings (SSSR count). The van der Waals surface area contributed by atoms with Gasteiger partial charge in [0.05, 0.1) is 0 Å². The molecule has 1 aromatic heterocycles. The highest BCUT2D eigenvalue weighted by molar-refractivity contribution is 7.09. The summed E-state index contributed by atoms with van der Waals surface area (Å²) in [6.07, 6.45) is 4.76. The van der Waals surface area contributed by atoms with Crippen LogP contribution in [0.1, 0.15) is 43.3 Å². The van der Waals surface area contributed by atoms with Crippen LogP contribution in [0, 0.1) is 12.8 Å². The van der Waals surface area contributed by atoms with Gasteiger partial charge in [-0.3, -0.25) is 0 Å². The van der Waals surface area contributed by atoms with Crippen LogP contribution in [0.4, 0.5) is 0 Å². The van der Waals surface area contributed by atoms with Crippen LogP contribution in [0.5, 0.6) is 0 Å². The minimum Gasteiger partial charge on any atom is -0.371 e. The average molecular weight is 225 g/mol. The van der Waals surface area contributed by atoms with Crippen LogP contribution >= 0.6 is 11.3 Å². The Morgan fingerprint density at radius 3 is 2.60 bits per heavy atom. The van der Waals surface area contributed by atoms with Gasteiger partial charge in [-0.1, -0.05) is 6.92 Å². The molecule has 1 aliphatic carbocycles. The van der Waals surface area contributed by atoms with Crippen molar-refractivity contribution in [1.29, 1.82) is 0 Å². The normalized spacial score (nSPS) is 31.8. The number of aryl methyl sites for hydroxylation is 1. The standard InChI is InChI=1S/C12H19NOS/c1-9-4-6-12(14-3,7-5-9)11-13-10(2)8-15-11/h8-9H,4-7H2,1-3H3. The molecule has 0 aliphatic heterocycles. The van der Waals surface area contributed by atoms with Crippen LogP contribution in [0.3, 0.4) is 0 Å². The van der Waals surface area contributed by atoms with E-state index in [1.165, 1.54) is 17.8 Å². The molecule has 0 spiro atoms. The highest BCUT2D eigenvalue weighted by Gasteiger charge is 2.38. The third-order valence-electron chi connectivity index (χ3n) is 3.48. The SMILES string of the molecule is COC1(c2nc(C)cs2)CCC(C)CC1. The van der Waals surface area contributed by atoms with Crippen LogP contribution in [0.15, 0.2) is 5.38 Å². The lowest BCUT2D eigenvalue weighted by atomic mass is 9.80. The molecule has 0 unspecified atom stereocenters. The van der Waals surface area contributed by atoms with E-state index in [0.29, 0.717) is 0 Å². The number of methoxy groups -OCH3 is 1. The molecule has 1 aliphatic rings. The third kappa shape index (κ3) is 2.08. The number of nitrogens with zero attached hydrogens (tertiary/aromatic N) is 1. The molecule has 0 radical (unpaired) electrons. The van der Waals surface area contributed by atoms with E-state index in [4.69, 9.17) is 4.74 Å². The summed E-state index contributed by atoms with van der Waals surface area (Å²) in [6.45, 7) is 4.38. The fourth-order valence-electron chi connectivity index (χ4n) is 2.30. The van der Waals surface area contributed by atoms with Crippen LogP contribution in [-0.4, -0.2) is 12.1 Å². The van der Waals surface area contributed by atoms with Crippen molar-refractivity contribution in [3.8, 4) is 0 Å². The van der Waals surface area contributed by atoms with Gasteiger partial charge in [-0.15, -0.1) is 11.3 Å². The smallest absolute Gasteiger partial charge is 0.125 e. The van der Waals surface area contributed by atoms with E-state index in [-0.39, 0.29) is 5.60 Å². The molecule has 0 aromatic carbocycles. The first-order chi connectivity index (χ1) is 7.16. The van der Waals surface area contributed by atoms with E-state index >= 15 is 0 Å². The number of hydrogen-bond acceptors (Lipinski definition) is 3. The molecule has 1 saturated carbocycles. The number of hydrogen-bond donors (Lipinski definition) is 0. The maximum Gasteiger partial charge on any atom is 0.125 e. The topological polar surface area (TPSA) is 22.1 Å². The van der Waals surface area contributed by atoms with Crippen molar-refractivity contribution in [3.05, 3.63) is 16.1 Å². The minimum atomic E-state index is -0.0779. The highest BCUT2D eigenvalue weighted by atomic mass is 32.1. The molecular weight excluding hydrogens is 206 g/mol. The number of ether oxygens (including phenoxy) is 1. The average Bonchev–Trinajstić information content (AvgIpc) is 2.67. The van der Waals surface area contributed by atoms with Crippen molar-refractivity contribution in [2.24, 2.45) is 5.92 Å². The summed E-state index contributed by atoms with van der Waals surface area (Å²) in [5.41, 5.74) is 1.04. The molecule has 2 nitrogen and oxygen atoms in total. The zero-order chi connectivity index (χ0) is 10.9. The Bertz CT molecular complexity index is 326. The van der Waals surface area contributed by atoms with Crippen LogP contribution in [-0.2, 0) is 10.3 Å². The zero-order valence-corrected chi connectivity index (χ0v) is 10.6. The molecule has 1 fully saturated rings. The summed E-state index contributed by atoms with van der Waals surface area (Å²) >= 11 is 1.74. The van der Waals surface area contributed by atoms with E-state index in [0.717, 1.165) is 24.5 Å². The number of thiazole rings is 1. The first-order valence-electron chi connectivity index (χ1n) is 5.64. The van der Waals surface area contributed by atoms with Crippen molar-refractivity contribution < 1.29 is 4.74 Å². The van der Waals surface area contributed by atoms with E-state index in [1.807, 2.05) is 7.11 Å². The lowest BCUT2D eigenvalue weighted by Crippen LogP contribution is -2.33. The van der Waals surface area contributed by atoms with Crippen molar-refractivity contribution in [1.82, 2.24) is 4.98 Å². The lowest BCUT2D eigenvalue weighted by molar-refractivity contribution is -0.0531. The molecule has 0 saturated heterocycles. The molecule has 0 N–H and O–H groups in total. The summed E-state index contributed by atoms with van der Waals surface area (Å²) in [6, 6.07) is 0. The monoisotopic (exact) mass is 225 g/mol. The first kappa shape index (κ1) is 11.1.